The highest BCUT2D eigenvalue weighted by Gasteiger charge is 2.32. The lowest BCUT2D eigenvalue weighted by Gasteiger charge is -2.38. The molecule has 1 aliphatic rings. The standard InChI is InChI=1S/C9H15N5O2/c1-3-13(7-4-10-5-7)9-8(14(15)16)11-6-12(9)2/h6-7,10H,3-5H2,1-2H3. The maximum atomic E-state index is 10.9. The fourth-order valence-electron chi connectivity index (χ4n) is 1.95. The summed E-state index contributed by atoms with van der Waals surface area (Å²) in [5.74, 6) is 0.537. The van der Waals surface area contributed by atoms with Crippen molar-refractivity contribution >= 4 is 11.6 Å². The van der Waals surface area contributed by atoms with Crippen LogP contribution >= 0.6 is 0 Å². The molecule has 0 atom stereocenters. The first-order valence-corrected chi connectivity index (χ1v) is 5.28. The number of aryl methyl sites for hydroxylation is 1. The first-order chi connectivity index (χ1) is 7.65. The van der Waals surface area contributed by atoms with Crippen LogP contribution in [0.25, 0.3) is 0 Å². The van der Waals surface area contributed by atoms with Crippen LogP contribution in [-0.2, 0) is 7.05 Å². The predicted molar refractivity (Wildman–Crippen MR) is 59.5 cm³/mol. The minimum atomic E-state index is -0.427. The van der Waals surface area contributed by atoms with Gasteiger partial charge in [0.25, 0.3) is 0 Å². The second kappa shape index (κ2) is 4.09. The van der Waals surface area contributed by atoms with Crippen molar-refractivity contribution in [1.29, 1.82) is 0 Å². The Morgan fingerprint density at radius 2 is 2.44 bits per heavy atom. The molecule has 0 aromatic carbocycles. The Morgan fingerprint density at radius 3 is 2.88 bits per heavy atom. The quantitative estimate of drug-likeness (QED) is 0.582. The molecule has 1 saturated heterocycles. The molecule has 1 aromatic rings. The number of aromatic nitrogens is 2. The van der Waals surface area contributed by atoms with E-state index in [1.807, 2.05) is 11.8 Å². The Morgan fingerprint density at radius 1 is 1.75 bits per heavy atom. The van der Waals surface area contributed by atoms with Gasteiger partial charge in [0, 0.05) is 26.7 Å². The summed E-state index contributed by atoms with van der Waals surface area (Å²) in [6.45, 7) is 4.48. The molecule has 0 amide bonds. The van der Waals surface area contributed by atoms with Gasteiger partial charge in [-0.05, 0) is 16.8 Å². The van der Waals surface area contributed by atoms with E-state index in [4.69, 9.17) is 0 Å². The summed E-state index contributed by atoms with van der Waals surface area (Å²) in [7, 11) is 1.78. The molecule has 0 radical (unpaired) electrons. The number of nitro groups is 1. The number of rotatable bonds is 4. The zero-order valence-electron chi connectivity index (χ0n) is 9.38. The molecule has 2 rings (SSSR count). The van der Waals surface area contributed by atoms with E-state index in [1.165, 1.54) is 6.33 Å². The molecule has 0 bridgehead atoms. The van der Waals surface area contributed by atoms with Crippen LogP contribution in [0.3, 0.4) is 0 Å². The molecular formula is C9H15N5O2. The van der Waals surface area contributed by atoms with Gasteiger partial charge in [-0.1, -0.05) is 0 Å². The topological polar surface area (TPSA) is 76.2 Å². The van der Waals surface area contributed by atoms with Crippen LogP contribution < -0.4 is 10.2 Å². The molecule has 1 aliphatic heterocycles. The van der Waals surface area contributed by atoms with Crippen molar-refractivity contribution in [2.45, 2.75) is 13.0 Å². The van der Waals surface area contributed by atoms with Gasteiger partial charge in [-0.25, -0.2) is 0 Å². The van der Waals surface area contributed by atoms with Crippen molar-refractivity contribution in [1.82, 2.24) is 14.9 Å². The third-order valence-corrected chi connectivity index (χ3v) is 2.87. The molecule has 0 saturated carbocycles. The minimum Gasteiger partial charge on any atom is -0.358 e. The highest BCUT2D eigenvalue weighted by molar-refractivity contribution is 5.55. The van der Waals surface area contributed by atoms with E-state index in [0.29, 0.717) is 11.9 Å². The average molecular weight is 225 g/mol. The highest BCUT2D eigenvalue weighted by atomic mass is 16.6. The van der Waals surface area contributed by atoms with Gasteiger partial charge in [0.05, 0.1) is 6.04 Å². The third kappa shape index (κ3) is 1.63. The van der Waals surface area contributed by atoms with E-state index in [1.54, 1.807) is 11.6 Å². The summed E-state index contributed by atoms with van der Waals surface area (Å²) in [5, 5.41) is 14.0. The molecule has 0 spiro atoms. The summed E-state index contributed by atoms with van der Waals surface area (Å²) < 4.78 is 1.71. The highest BCUT2D eigenvalue weighted by Crippen LogP contribution is 2.28. The average Bonchev–Trinajstić information content (AvgIpc) is 2.53. The van der Waals surface area contributed by atoms with E-state index in [0.717, 1.165) is 19.6 Å². The van der Waals surface area contributed by atoms with Gasteiger partial charge in [-0.2, -0.15) is 0 Å². The summed E-state index contributed by atoms with van der Waals surface area (Å²) in [5.41, 5.74) is 0. The number of likely N-dealkylation sites (N-methyl/N-ethyl adjacent to an activating group) is 1. The van der Waals surface area contributed by atoms with Crippen LogP contribution in [-0.4, -0.2) is 40.2 Å². The van der Waals surface area contributed by atoms with Gasteiger partial charge in [-0.3, -0.25) is 4.57 Å². The first-order valence-electron chi connectivity index (χ1n) is 5.28. The van der Waals surface area contributed by atoms with Gasteiger partial charge in [0.15, 0.2) is 0 Å². The molecule has 16 heavy (non-hydrogen) atoms. The molecule has 0 aliphatic carbocycles. The van der Waals surface area contributed by atoms with E-state index in [-0.39, 0.29) is 5.82 Å². The largest absolute Gasteiger partial charge is 0.406 e. The zero-order valence-corrected chi connectivity index (χ0v) is 9.38. The number of nitrogens with zero attached hydrogens (tertiary/aromatic N) is 4. The van der Waals surface area contributed by atoms with Crippen LogP contribution in [0.2, 0.25) is 0 Å². The molecule has 1 fully saturated rings. The fraction of sp³-hybridized carbons (Fsp3) is 0.667. The van der Waals surface area contributed by atoms with E-state index >= 15 is 0 Å². The molecule has 7 nitrogen and oxygen atoms in total. The van der Waals surface area contributed by atoms with Gasteiger partial charge >= 0.3 is 5.82 Å². The summed E-state index contributed by atoms with van der Waals surface area (Å²) in [4.78, 5) is 16.3. The van der Waals surface area contributed by atoms with Gasteiger partial charge < -0.3 is 20.3 Å². The Balaban J connectivity index is 2.35. The number of hydrogen-bond acceptors (Lipinski definition) is 5. The van der Waals surface area contributed by atoms with E-state index in [9.17, 15) is 10.1 Å². The lowest BCUT2D eigenvalue weighted by atomic mass is 10.1. The number of anilines is 1. The summed E-state index contributed by atoms with van der Waals surface area (Å²) >= 11 is 0. The lowest BCUT2D eigenvalue weighted by molar-refractivity contribution is -0.388. The van der Waals surface area contributed by atoms with Gasteiger partial charge in [-0.15, -0.1) is 0 Å². The van der Waals surface area contributed by atoms with E-state index in [2.05, 4.69) is 10.3 Å². The monoisotopic (exact) mass is 225 g/mol. The minimum absolute atomic E-state index is 0.0590. The van der Waals surface area contributed by atoms with Crippen LogP contribution in [0.15, 0.2) is 6.33 Å². The second-order valence-corrected chi connectivity index (χ2v) is 3.86. The zero-order chi connectivity index (χ0) is 11.7. The normalized spacial score (nSPS) is 15.9. The molecule has 7 heteroatoms. The van der Waals surface area contributed by atoms with Crippen molar-refractivity contribution in [3.8, 4) is 0 Å². The molecule has 2 heterocycles. The smallest absolute Gasteiger partial charge is 0.358 e. The second-order valence-electron chi connectivity index (χ2n) is 3.86. The Labute approximate surface area is 93.2 Å². The number of hydrogen-bond donors (Lipinski definition) is 1. The molecule has 1 N–H and O–H groups in total. The maximum Gasteiger partial charge on any atom is 0.406 e. The van der Waals surface area contributed by atoms with Gasteiger partial charge in [0.1, 0.15) is 0 Å². The van der Waals surface area contributed by atoms with Gasteiger partial charge in [0.2, 0.25) is 12.1 Å². The lowest BCUT2D eigenvalue weighted by Crippen LogP contribution is -2.57. The molecule has 88 valence electrons. The molecular weight excluding hydrogens is 210 g/mol. The fourth-order valence-corrected chi connectivity index (χ4v) is 1.95. The van der Waals surface area contributed by atoms with Crippen molar-refractivity contribution in [3.63, 3.8) is 0 Å². The van der Waals surface area contributed by atoms with Crippen molar-refractivity contribution < 1.29 is 4.92 Å². The van der Waals surface area contributed by atoms with Crippen LogP contribution in [0.5, 0.6) is 0 Å². The molecule has 1 aromatic heterocycles. The Kier molecular flexibility index (Phi) is 2.78. The number of nitrogens with one attached hydrogen (secondary N) is 1. The Hall–Kier alpha value is -1.63. The molecule has 0 unspecified atom stereocenters. The summed E-state index contributed by atoms with van der Waals surface area (Å²) in [6, 6.07) is 0.332. The Bertz CT molecular complexity index is 399. The third-order valence-electron chi connectivity index (χ3n) is 2.87. The van der Waals surface area contributed by atoms with Crippen LogP contribution in [0, 0.1) is 10.1 Å². The summed E-state index contributed by atoms with van der Waals surface area (Å²) in [6.07, 6.45) is 1.49. The maximum absolute atomic E-state index is 10.9. The predicted octanol–water partition coefficient (Wildman–Crippen LogP) is 0.126. The van der Waals surface area contributed by atoms with E-state index < -0.39 is 4.92 Å². The van der Waals surface area contributed by atoms with Crippen molar-refractivity contribution in [3.05, 3.63) is 16.4 Å². The van der Waals surface area contributed by atoms with Crippen molar-refractivity contribution in [2.75, 3.05) is 24.5 Å². The van der Waals surface area contributed by atoms with Crippen LogP contribution in [0.4, 0.5) is 11.6 Å². The first kappa shape index (κ1) is 10.9. The SMILES string of the molecule is CCN(c1c([N+](=O)[O-])ncn1C)C1CNC1. The number of imidazole rings is 1. The van der Waals surface area contributed by atoms with Crippen LogP contribution in [0.1, 0.15) is 6.92 Å². The van der Waals surface area contributed by atoms with Crippen molar-refractivity contribution in [2.24, 2.45) is 7.05 Å².